The van der Waals surface area contributed by atoms with E-state index < -0.39 is 0 Å². The van der Waals surface area contributed by atoms with Gasteiger partial charge in [-0.1, -0.05) is 0 Å². The lowest BCUT2D eigenvalue weighted by molar-refractivity contribution is -0.136. The number of nitrogens with zero attached hydrogens (tertiary/aromatic N) is 1. The van der Waals surface area contributed by atoms with Crippen LogP contribution in [0.25, 0.3) is 0 Å². The number of hydrogen-bond donors (Lipinski definition) is 1. The molecule has 1 aliphatic heterocycles. The topological polar surface area (TPSA) is 50.8 Å². The largest absolute Gasteiger partial charge is 0.497 e. The van der Waals surface area contributed by atoms with E-state index in [9.17, 15) is 4.79 Å². The van der Waals surface area contributed by atoms with Crippen LogP contribution in [0.4, 0.5) is 0 Å². The third kappa shape index (κ3) is 4.09. The maximum absolute atomic E-state index is 12.8. The summed E-state index contributed by atoms with van der Waals surface area (Å²) in [6.07, 6.45) is 3.16. The van der Waals surface area contributed by atoms with E-state index in [0.717, 1.165) is 49.4 Å². The fourth-order valence-corrected chi connectivity index (χ4v) is 3.06. The second-order valence-electron chi connectivity index (χ2n) is 6.06. The first-order valence-electron chi connectivity index (χ1n) is 7.95. The van der Waals surface area contributed by atoms with Crippen LogP contribution in [-0.2, 0) is 11.3 Å². The standard InChI is InChI=1S/C17H24N2O3.ClH/c1-21-15-5-6-16(22-2)13(9-15)11-19(14-3-4-14)17(20)12-7-8-18-10-12;/h5-6,9,12,14,18H,3-4,7-8,10-11H2,1-2H3;1H. The summed E-state index contributed by atoms with van der Waals surface area (Å²) >= 11 is 0. The van der Waals surface area contributed by atoms with Crippen molar-refractivity contribution in [1.29, 1.82) is 0 Å². The summed E-state index contributed by atoms with van der Waals surface area (Å²) < 4.78 is 10.7. The molecular formula is C17H25ClN2O3. The first-order chi connectivity index (χ1) is 10.7. The summed E-state index contributed by atoms with van der Waals surface area (Å²) in [4.78, 5) is 14.8. The summed E-state index contributed by atoms with van der Waals surface area (Å²) in [6, 6.07) is 6.14. The van der Waals surface area contributed by atoms with Crippen molar-refractivity contribution in [3.05, 3.63) is 23.8 Å². The van der Waals surface area contributed by atoms with Crippen LogP contribution in [0.3, 0.4) is 0 Å². The van der Waals surface area contributed by atoms with E-state index in [1.165, 1.54) is 0 Å². The third-order valence-electron chi connectivity index (χ3n) is 4.51. The van der Waals surface area contributed by atoms with E-state index in [0.29, 0.717) is 12.6 Å². The summed E-state index contributed by atoms with van der Waals surface area (Å²) in [6.45, 7) is 2.34. The van der Waals surface area contributed by atoms with Gasteiger partial charge in [-0.05, 0) is 44.0 Å². The van der Waals surface area contributed by atoms with Crippen molar-refractivity contribution in [2.75, 3.05) is 27.3 Å². The maximum Gasteiger partial charge on any atom is 0.227 e. The van der Waals surface area contributed by atoms with Crippen molar-refractivity contribution >= 4 is 18.3 Å². The highest BCUT2D eigenvalue weighted by atomic mass is 35.5. The van der Waals surface area contributed by atoms with Gasteiger partial charge in [-0.25, -0.2) is 0 Å². The van der Waals surface area contributed by atoms with Gasteiger partial charge >= 0.3 is 0 Å². The Labute approximate surface area is 143 Å². The van der Waals surface area contributed by atoms with E-state index in [1.807, 2.05) is 23.1 Å². The van der Waals surface area contributed by atoms with Crippen molar-refractivity contribution in [1.82, 2.24) is 10.2 Å². The first-order valence-corrected chi connectivity index (χ1v) is 7.95. The van der Waals surface area contributed by atoms with Crippen molar-refractivity contribution in [3.8, 4) is 11.5 Å². The Hall–Kier alpha value is -1.46. The van der Waals surface area contributed by atoms with Crippen molar-refractivity contribution in [3.63, 3.8) is 0 Å². The molecule has 0 spiro atoms. The van der Waals surface area contributed by atoms with Crippen LogP contribution in [0.1, 0.15) is 24.8 Å². The first kappa shape index (κ1) is 17.9. The lowest BCUT2D eigenvalue weighted by Gasteiger charge is -2.26. The van der Waals surface area contributed by atoms with Crippen molar-refractivity contribution in [2.24, 2.45) is 5.92 Å². The minimum Gasteiger partial charge on any atom is -0.497 e. The lowest BCUT2D eigenvalue weighted by atomic mass is 10.1. The van der Waals surface area contributed by atoms with Gasteiger partial charge in [-0.2, -0.15) is 0 Å². The molecule has 1 aliphatic carbocycles. The quantitative estimate of drug-likeness (QED) is 0.862. The van der Waals surface area contributed by atoms with Crippen LogP contribution in [-0.4, -0.2) is 44.2 Å². The number of rotatable bonds is 6. The van der Waals surface area contributed by atoms with Gasteiger partial charge in [0.25, 0.3) is 0 Å². The molecule has 5 nitrogen and oxygen atoms in total. The Kier molecular flexibility index (Phi) is 6.13. The Bertz CT molecular complexity index is 543. The minimum atomic E-state index is 0. The molecule has 0 aromatic heterocycles. The number of nitrogens with one attached hydrogen (secondary N) is 1. The van der Waals surface area contributed by atoms with Crippen LogP contribution >= 0.6 is 12.4 Å². The lowest BCUT2D eigenvalue weighted by Crippen LogP contribution is -2.38. The van der Waals surface area contributed by atoms with Gasteiger partial charge in [0.1, 0.15) is 11.5 Å². The smallest absolute Gasteiger partial charge is 0.227 e. The Balaban J connectivity index is 0.00000192. The van der Waals surface area contributed by atoms with Crippen LogP contribution < -0.4 is 14.8 Å². The number of methoxy groups -OCH3 is 2. The Morgan fingerprint density at radius 1 is 1.26 bits per heavy atom. The summed E-state index contributed by atoms with van der Waals surface area (Å²) in [5, 5.41) is 3.28. The molecule has 1 heterocycles. The molecule has 2 aliphatic rings. The van der Waals surface area contributed by atoms with Crippen LogP contribution in [0.5, 0.6) is 11.5 Å². The molecular weight excluding hydrogens is 316 g/mol. The van der Waals surface area contributed by atoms with Crippen LogP contribution in [0.15, 0.2) is 18.2 Å². The second kappa shape index (κ2) is 7.88. The Morgan fingerprint density at radius 3 is 2.61 bits per heavy atom. The summed E-state index contributed by atoms with van der Waals surface area (Å²) in [5.41, 5.74) is 1.01. The average Bonchev–Trinajstić information content (AvgIpc) is 3.24. The monoisotopic (exact) mass is 340 g/mol. The second-order valence-corrected chi connectivity index (χ2v) is 6.06. The molecule has 0 bridgehead atoms. The molecule has 0 radical (unpaired) electrons. The summed E-state index contributed by atoms with van der Waals surface area (Å²) in [5.74, 6) is 2.00. The molecule has 128 valence electrons. The van der Waals surface area contributed by atoms with E-state index in [2.05, 4.69) is 5.32 Å². The Morgan fingerprint density at radius 2 is 2.04 bits per heavy atom. The van der Waals surface area contributed by atoms with Crippen LogP contribution in [0.2, 0.25) is 0 Å². The number of carbonyl (C=O) groups excluding carboxylic acids is 1. The molecule has 1 amide bonds. The highest BCUT2D eigenvalue weighted by Crippen LogP contribution is 2.33. The fourth-order valence-electron chi connectivity index (χ4n) is 3.06. The van der Waals surface area contributed by atoms with E-state index in [1.54, 1.807) is 14.2 Å². The van der Waals surface area contributed by atoms with E-state index in [-0.39, 0.29) is 24.2 Å². The fraction of sp³-hybridized carbons (Fsp3) is 0.588. The molecule has 1 N–H and O–H groups in total. The maximum atomic E-state index is 12.8. The molecule has 1 saturated heterocycles. The zero-order valence-corrected chi connectivity index (χ0v) is 14.5. The molecule has 1 atom stereocenters. The zero-order valence-electron chi connectivity index (χ0n) is 13.7. The molecule has 23 heavy (non-hydrogen) atoms. The zero-order chi connectivity index (χ0) is 15.5. The van der Waals surface area contributed by atoms with Gasteiger partial charge in [0.15, 0.2) is 0 Å². The third-order valence-corrected chi connectivity index (χ3v) is 4.51. The number of halogens is 1. The highest BCUT2D eigenvalue weighted by molar-refractivity contribution is 5.85. The number of hydrogen-bond acceptors (Lipinski definition) is 4. The van der Waals surface area contributed by atoms with Gasteiger partial charge < -0.3 is 19.7 Å². The molecule has 3 rings (SSSR count). The molecule has 2 fully saturated rings. The predicted octanol–water partition coefficient (Wildman–Crippen LogP) is 2.23. The molecule has 6 heteroatoms. The number of carbonyl (C=O) groups is 1. The number of benzene rings is 1. The minimum absolute atomic E-state index is 0. The van der Waals surface area contributed by atoms with Gasteiger partial charge in [0.05, 0.1) is 20.1 Å². The van der Waals surface area contributed by atoms with E-state index in [4.69, 9.17) is 9.47 Å². The van der Waals surface area contributed by atoms with Gasteiger partial charge in [-0.3, -0.25) is 4.79 Å². The van der Waals surface area contributed by atoms with E-state index >= 15 is 0 Å². The van der Waals surface area contributed by atoms with Gasteiger partial charge in [-0.15, -0.1) is 12.4 Å². The SMILES string of the molecule is COc1ccc(OC)c(CN(C(=O)C2CCNC2)C2CC2)c1.Cl. The van der Waals surface area contributed by atoms with Crippen LogP contribution in [0, 0.1) is 5.92 Å². The molecule has 1 aromatic rings. The number of ether oxygens (including phenoxy) is 2. The summed E-state index contributed by atoms with van der Waals surface area (Å²) in [7, 11) is 3.31. The van der Waals surface area contributed by atoms with Crippen molar-refractivity contribution < 1.29 is 14.3 Å². The van der Waals surface area contributed by atoms with Gasteiger partial charge in [0, 0.05) is 24.7 Å². The molecule has 1 unspecified atom stereocenters. The predicted molar refractivity (Wildman–Crippen MR) is 91.3 cm³/mol. The molecule has 1 aromatic carbocycles. The average molecular weight is 341 g/mol. The van der Waals surface area contributed by atoms with Crippen molar-refractivity contribution in [2.45, 2.75) is 31.8 Å². The number of amides is 1. The molecule has 1 saturated carbocycles. The normalized spacial score (nSPS) is 19.8. The highest BCUT2D eigenvalue weighted by Gasteiger charge is 2.37. The van der Waals surface area contributed by atoms with Gasteiger partial charge in [0.2, 0.25) is 5.91 Å².